The summed E-state index contributed by atoms with van der Waals surface area (Å²) in [6.07, 6.45) is 1.47. The van der Waals surface area contributed by atoms with Gasteiger partial charge in [-0.15, -0.1) is 6.58 Å². The Morgan fingerprint density at radius 1 is 1.09 bits per heavy atom. The van der Waals surface area contributed by atoms with Gasteiger partial charge in [0.1, 0.15) is 0 Å². The number of rotatable bonds is 7. The van der Waals surface area contributed by atoms with Crippen LogP contribution < -0.4 is 0 Å². The van der Waals surface area contributed by atoms with Crippen LogP contribution in [-0.4, -0.2) is 18.8 Å². The highest BCUT2D eigenvalue weighted by atomic mass is 32.2. The largest absolute Gasteiger partial charge is 0.387 e. The quantitative estimate of drug-likeness (QED) is 0.785. The first-order valence-electron chi connectivity index (χ1n) is 7.61. The summed E-state index contributed by atoms with van der Waals surface area (Å²) in [5.41, 5.74) is 1.60. The maximum absolute atomic E-state index is 13.0. The molecular formula is C19H22O3S. The van der Waals surface area contributed by atoms with Crippen molar-refractivity contribution in [2.45, 2.75) is 36.0 Å². The van der Waals surface area contributed by atoms with Crippen LogP contribution in [0.5, 0.6) is 0 Å². The molecule has 2 aromatic rings. The van der Waals surface area contributed by atoms with Crippen molar-refractivity contribution in [1.82, 2.24) is 0 Å². The highest BCUT2D eigenvalue weighted by molar-refractivity contribution is 7.92. The number of hydrogen-bond donors (Lipinski definition) is 1. The third kappa shape index (κ3) is 4.09. The molecule has 0 saturated carbocycles. The zero-order chi connectivity index (χ0) is 16.9. The molecule has 0 aliphatic carbocycles. The minimum atomic E-state index is -3.64. The predicted octanol–water partition coefficient (Wildman–Crippen LogP) is 3.84. The van der Waals surface area contributed by atoms with Crippen molar-refractivity contribution in [3.05, 3.63) is 78.4 Å². The van der Waals surface area contributed by atoms with E-state index in [1.807, 2.05) is 13.0 Å². The van der Waals surface area contributed by atoms with Gasteiger partial charge in [0.05, 0.1) is 16.2 Å². The van der Waals surface area contributed by atoms with Gasteiger partial charge in [0.25, 0.3) is 0 Å². The topological polar surface area (TPSA) is 54.4 Å². The lowest BCUT2D eigenvalue weighted by Gasteiger charge is -2.23. The van der Waals surface area contributed by atoms with Crippen molar-refractivity contribution < 1.29 is 13.5 Å². The fourth-order valence-electron chi connectivity index (χ4n) is 2.53. The Bertz CT molecular complexity index is 734. The van der Waals surface area contributed by atoms with E-state index in [9.17, 15) is 13.5 Å². The number of sulfone groups is 1. The monoisotopic (exact) mass is 330 g/mol. The standard InChI is InChI=1S/C19H22O3S/c1-3-4-10-18(19(20)16-8-6-5-7-9-16)23(21,22)17-13-11-15(2)12-14-17/h3,5-9,11-14,18-20H,1,4,10H2,2H3/t18-,19+/m0/s1. The van der Waals surface area contributed by atoms with Gasteiger partial charge in [0.15, 0.2) is 9.84 Å². The van der Waals surface area contributed by atoms with Crippen LogP contribution in [-0.2, 0) is 9.84 Å². The summed E-state index contributed by atoms with van der Waals surface area (Å²) in [5.74, 6) is 0. The van der Waals surface area contributed by atoms with E-state index in [1.54, 1.807) is 54.6 Å². The first kappa shape index (κ1) is 17.4. The third-order valence-electron chi connectivity index (χ3n) is 3.90. The van der Waals surface area contributed by atoms with Crippen molar-refractivity contribution >= 4 is 9.84 Å². The molecule has 2 rings (SSSR count). The van der Waals surface area contributed by atoms with E-state index in [1.165, 1.54) is 0 Å². The first-order valence-corrected chi connectivity index (χ1v) is 9.16. The maximum Gasteiger partial charge on any atom is 0.184 e. The average molecular weight is 330 g/mol. The van der Waals surface area contributed by atoms with Crippen molar-refractivity contribution in [2.24, 2.45) is 0 Å². The van der Waals surface area contributed by atoms with E-state index >= 15 is 0 Å². The Morgan fingerprint density at radius 3 is 2.26 bits per heavy atom. The molecule has 0 aromatic heterocycles. The number of aryl methyl sites for hydroxylation is 1. The molecule has 0 aliphatic rings. The SMILES string of the molecule is C=CCC[C@@H]([C@H](O)c1ccccc1)S(=O)(=O)c1ccc(C)cc1. The highest BCUT2D eigenvalue weighted by Crippen LogP contribution is 2.30. The Morgan fingerprint density at radius 2 is 1.70 bits per heavy atom. The molecule has 3 nitrogen and oxygen atoms in total. The van der Waals surface area contributed by atoms with Crippen molar-refractivity contribution in [2.75, 3.05) is 0 Å². The van der Waals surface area contributed by atoms with Crippen molar-refractivity contribution in [1.29, 1.82) is 0 Å². The summed E-state index contributed by atoms with van der Waals surface area (Å²) in [5, 5.41) is 9.75. The van der Waals surface area contributed by atoms with E-state index in [0.717, 1.165) is 5.56 Å². The number of benzene rings is 2. The van der Waals surface area contributed by atoms with Gasteiger partial charge in [0, 0.05) is 0 Å². The molecule has 2 aromatic carbocycles. The summed E-state index contributed by atoms with van der Waals surface area (Å²) in [6, 6.07) is 15.7. The minimum absolute atomic E-state index is 0.243. The lowest BCUT2D eigenvalue weighted by molar-refractivity contribution is 0.167. The molecule has 1 N–H and O–H groups in total. The zero-order valence-electron chi connectivity index (χ0n) is 13.2. The van der Waals surface area contributed by atoms with Crippen LogP contribution in [0.2, 0.25) is 0 Å². The van der Waals surface area contributed by atoms with Crippen LogP contribution in [0.1, 0.15) is 30.1 Å². The van der Waals surface area contributed by atoms with Crippen LogP contribution in [0.15, 0.2) is 72.1 Å². The van der Waals surface area contributed by atoms with E-state index < -0.39 is 21.2 Å². The number of allylic oxidation sites excluding steroid dienone is 1. The van der Waals surface area contributed by atoms with Gasteiger partial charge in [-0.1, -0.05) is 54.1 Å². The average Bonchev–Trinajstić information content (AvgIpc) is 2.56. The van der Waals surface area contributed by atoms with Crippen LogP contribution in [0.3, 0.4) is 0 Å². The second kappa shape index (κ2) is 7.57. The Balaban J connectivity index is 2.40. The van der Waals surface area contributed by atoms with Crippen LogP contribution >= 0.6 is 0 Å². The molecular weight excluding hydrogens is 308 g/mol. The number of aliphatic hydroxyl groups excluding tert-OH is 1. The number of aliphatic hydroxyl groups is 1. The summed E-state index contributed by atoms with van der Waals surface area (Å²) >= 11 is 0. The minimum Gasteiger partial charge on any atom is -0.387 e. The Hall–Kier alpha value is -1.91. The summed E-state index contributed by atoms with van der Waals surface area (Å²) < 4.78 is 25.9. The second-order valence-electron chi connectivity index (χ2n) is 5.62. The van der Waals surface area contributed by atoms with Gasteiger partial charge in [0.2, 0.25) is 0 Å². The van der Waals surface area contributed by atoms with Gasteiger partial charge in [-0.25, -0.2) is 8.42 Å². The summed E-state index contributed by atoms with van der Waals surface area (Å²) in [4.78, 5) is 0.243. The van der Waals surface area contributed by atoms with Crippen molar-refractivity contribution in [3.8, 4) is 0 Å². The smallest absolute Gasteiger partial charge is 0.184 e. The zero-order valence-corrected chi connectivity index (χ0v) is 14.0. The van der Waals surface area contributed by atoms with Gasteiger partial charge in [-0.3, -0.25) is 0 Å². The molecule has 2 atom stereocenters. The predicted molar refractivity (Wildman–Crippen MR) is 93.0 cm³/mol. The van der Waals surface area contributed by atoms with Gasteiger partial charge in [-0.05, 0) is 37.5 Å². The summed E-state index contributed by atoms with van der Waals surface area (Å²) in [6.45, 7) is 5.56. The van der Waals surface area contributed by atoms with Gasteiger partial charge in [-0.2, -0.15) is 0 Å². The van der Waals surface area contributed by atoms with E-state index in [2.05, 4.69) is 6.58 Å². The molecule has 0 radical (unpaired) electrons. The Kier molecular flexibility index (Phi) is 5.74. The lowest BCUT2D eigenvalue weighted by atomic mass is 10.0. The van der Waals surface area contributed by atoms with E-state index in [4.69, 9.17) is 0 Å². The third-order valence-corrected chi connectivity index (χ3v) is 6.12. The van der Waals surface area contributed by atoms with Crippen molar-refractivity contribution in [3.63, 3.8) is 0 Å². The molecule has 0 amide bonds. The molecule has 0 bridgehead atoms. The van der Waals surface area contributed by atoms with E-state index in [0.29, 0.717) is 18.4 Å². The molecule has 122 valence electrons. The molecule has 0 unspecified atom stereocenters. The fraction of sp³-hybridized carbons (Fsp3) is 0.263. The lowest BCUT2D eigenvalue weighted by Crippen LogP contribution is -2.28. The molecule has 23 heavy (non-hydrogen) atoms. The molecule has 4 heteroatoms. The van der Waals surface area contributed by atoms with Gasteiger partial charge >= 0.3 is 0 Å². The highest BCUT2D eigenvalue weighted by Gasteiger charge is 2.34. The van der Waals surface area contributed by atoms with Crippen LogP contribution in [0.25, 0.3) is 0 Å². The molecule has 0 fully saturated rings. The van der Waals surface area contributed by atoms with E-state index in [-0.39, 0.29) is 4.90 Å². The van der Waals surface area contributed by atoms with Crippen LogP contribution in [0, 0.1) is 6.92 Å². The number of hydrogen-bond acceptors (Lipinski definition) is 3. The second-order valence-corrected chi connectivity index (χ2v) is 7.78. The summed E-state index contributed by atoms with van der Waals surface area (Å²) in [7, 11) is -3.64. The first-order chi connectivity index (χ1) is 11.0. The molecule has 0 saturated heterocycles. The normalized spacial score (nSPS) is 14.2. The fourth-order valence-corrected chi connectivity index (χ4v) is 4.34. The van der Waals surface area contributed by atoms with Gasteiger partial charge < -0.3 is 5.11 Å². The molecule has 0 heterocycles. The van der Waals surface area contributed by atoms with Crippen LogP contribution in [0.4, 0.5) is 0 Å². The maximum atomic E-state index is 13.0. The molecule has 0 spiro atoms. The molecule has 0 aliphatic heterocycles. The Labute approximate surface area is 138 Å².